The molecular formula is C18H24Cl2N6S. The van der Waals surface area contributed by atoms with Gasteiger partial charge in [-0.15, -0.1) is 11.3 Å². The molecule has 1 aliphatic heterocycles. The molecule has 0 unspecified atom stereocenters. The van der Waals surface area contributed by atoms with Crippen LogP contribution in [-0.4, -0.2) is 50.2 Å². The van der Waals surface area contributed by atoms with Crippen LogP contribution >= 0.6 is 34.5 Å². The van der Waals surface area contributed by atoms with Crippen LogP contribution in [0.5, 0.6) is 0 Å². The van der Waals surface area contributed by atoms with Crippen molar-refractivity contribution in [3.8, 4) is 0 Å². The van der Waals surface area contributed by atoms with Crippen LogP contribution in [-0.2, 0) is 0 Å². The second-order valence-corrected chi connectivity index (χ2v) is 8.04. The van der Waals surface area contributed by atoms with Gasteiger partial charge in [0.1, 0.15) is 5.82 Å². The molecule has 0 atom stereocenters. The molecule has 9 heteroatoms. The van der Waals surface area contributed by atoms with E-state index in [0.717, 1.165) is 31.9 Å². The predicted molar refractivity (Wildman–Crippen MR) is 117 cm³/mol. The Morgan fingerprint density at radius 3 is 2.81 bits per heavy atom. The summed E-state index contributed by atoms with van der Waals surface area (Å²) in [4.78, 5) is 11.0. The van der Waals surface area contributed by atoms with Crippen molar-refractivity contribution in [1.82, 2.24) is 15.6 Å². The molecule has 1 fully saturated rings. The minimum atomic E-state index is 0.438. The van der Waals surface area contributed by atoms with Crippen LogP contribution in [0.2, 0.25) is 10.0 Å². The molecule has 0 amide bonds. The molecule has 2 aromatic heterocycles. The van der Waals surface area contributed by atoms with Gasteiger partial charge in [-0.25, -0.2) is 4.98 Å². The third-order valence-corrected chi connectivity index (χ3v) is 5.82. The highest BCUT2D eigenvalue weighted by molar-refractivity contribution is 7.14. The number of pyridine rings is 1. The van der Waals surface area contributed by atoms with Gasteiger partial charge in [-0.3, -0.25) is 4.99 Å². The monoisotopic (exact) mass is 426 g/mol. The SMILES string of the molecule is CN=C(NCCNc1ncc(Cl)cc1Cl)NC1CCN(c2cccs2)CC1. The highest BCUT2D eigenvalue weighted by atomic mass is 35.5. The van der Waals surface area contributed by atoms with Crippen molar-refractivity contribution in [3.05, 3.63) is 39.8 Å². The van der Waals surface area contributed by atoms with E-state index in [1.54, 1.807) is 30.6 Å². The fourth-order valence-electron chi connectivity index (χ4n) is 2.99. The van der Waals surface area contributed by atoms with Gasteiger partial charge in [0.15, 0.2) is 5.96 Å². The van der Waals surface area contributed by atoms with Gasteiger partial charge in [0.25, 0.3) is 0 Å². The maximum absolute atomic E-state index is 6.11. The Kier molecular flexibility index (Phi) is 7.43. The van der Waals surface area contributed by atoms with E-state index in [0.29, 0.717) is 35.0 Å². The summed E-state index contributed by atoms with van der Waals surface area (Å²) in [7, 11) is 1.79. The number of piperidine rings is 1. The molecule has 146 valence electrons. The van der Waals surface area contributed by atoms with Crippen molar-refractivity contribution in [3.63, 3.8) is 0 Å². The quantitative estimate of drug-likeness (QED) is 0.373. The Labute approximate surface area is 174 Å². The molecule has 0 radical (unpaired) electrons. The summed E-state index contributed by atoms with van der Waals surface area (Å²) in [5.74, 6) is 1.45. The smallest absolute Gasteiger partial charge is 0.191 e. The number of guanidine groups is 1. The first kappa shape index (κ1) is 20.0. The summed E-state index contributed by atoms with van der Waals surface area (Å²) >= 11 is 13.8. The molecule has 0 aromatic carbocycles. The number of hydrogen-bond donors (Lipinski definition) is 3. The van der Waals surface area contributed by atoms with Crippen molar-refractivity contribution >= 4 is 51.3 Å². The normalized spacial score (nSPS) is 15.7. The molecule has 3 heterocycles. The van der Waals surface area contributed by atoms with Gasteiger partial charge in [-0.2, -0.15) is 0 Å². The van der Waals surface area contributed by atoms with E-state index in [-0.39, 0.29) is 0 Å². The number of thiophene rings is 1. The fraction of sp³-hybridized carbons (Fsp3) is 0.444. The lowest BCUT2D eigenvalue weighted by Gasteiger charge is -2.33. The summed E-state index contributed by atoms with van der Waals surface area (Å²) in [6.07, 6.45) is 3.77. The number of aromatic nitrogens is 1. The highest BCUT2D eigenvalue weighted by Crippen LogP contribution is 2.25. The number of nitrogens with zero attached hydrogens (tertiary/aromatic N) is 3. The Morgan fingerprint density at radius 1 is 1.33 bits per heavy atom. The van der Waals surface area contributed by atoms with Crippen molar-refractivity contribution in [2.45, 2.75) is 18.9 Å². The third kappa shape index (κ3) is 5.89. The maximum atomic E-state index is 6.11. The summed E-state index contributed by atoms with van der Waals surface area (Å²) in [5.41, 5.74) is 0. The average Bonchev–Trinajstić information content (AvgIpc) is 3.21. The molecule has 3 N–H and O–H groups in total. The van der Waals surface area contributed by atoms with Crippen LogP contribution in [0.15, 0.2) is 34.8 Å². The topological polar surface area (TPSA) is 64.6 Å². The standard InChI is InChI=1S/C18H24Cl2N6S/c1-21-18(23-7-6-22-17-15(20)11-13(19)12-24-17)25-14-4-8-26(9-5-14)16-3-2-10-27-16/h2-3,10-12,14H,4-9H2,1H3,(H,22,24)(H2,21,23,25). The lowest BCUT2D eigenvalue weighted by molar-refractivity contribution is 0.463. The summed E-state index contributed by atoms with van der Waals surface area (Å²) < 4.78 is 0. The van der Waals surface area contributed by atoms with Gasteiger partial charge in [0.05, 0.1) is 15.0 Å². The van der Waals surface area contributed by atoms with Gasteiger partial charge in [-0.1, -0.05) is 23.2 Å². The molecular weight excluding hydrogens is 403 g/mol. The van der Waals surface area contributed by atoms with Crippen molar-refractivity contribution < 1.29 is 0 Å². The second-order valence-electron chi connectivity index (χ2n) is 6.27. The van der Waals surface area contributed by atoms with Gasteiger partial charge >= 0.3 is 0 Å². The third-order valence-electron chi connectivity index (χ3n) is 4.39. The Hall–Kier alpha value is -1.70. The Bertz CT molecular complexity index is 744. The molecule has 1 saturated heterocycles. The zero-order chi connectivity index (χ0) is 19.1. The summed E-state index contributed by atoms with van der Waals surface area (Å²) in [5, 5.41) is 14.6. The zero-order valence-electron chi connectivity index (χ0n) is 15.2. The van der Waals surface area contributed by atoms with Gasteiger partial charge in [-0.05, 0) is 36.4 Å². The van der Waals surface area contributed by atoms with Crippen molar-refractivity contribution in [2.75, 3.05) is 43.4 Å². The number of halogens is 2. The van der Waals surface area contributed by atoms with Crippen LogP contribution in [0.4, 0.5) is 10.8 Å². The van der Waals surface area contributed by atoms with E-state index >= 15 is 0 Å². The molecule has 0 saturated carbocycles. The van der Waals surface area contributed by atoms with E-state index in [2.05, 4.69) is 48.3 Å². The van der Waals surface area contributed by atoms with Crippen LogP contribution in [0.1, 0.15) is 12.8 Å². The van der Waals surface area contributed by atoms with Crippen LogP contribution in [0.3, 0.4) is 0 Å². The maximum Gasteiger partial charge on any atom is 0.191 e. The van der Waals surface area contributed by atoms with E-state index < -0.39 is 0 Å². The molecule has 3 rings (SSSR count). The first-order valence-corrected chi connectivity index (χ1v) is 10.6. The number of hydrogen-bond acceptors (Lipinski definition) is 5. The van der Waals surface area contributed by atoms with E-state index in [9.17, 15) is 0 Å². The van der Waals surface area contributed by atoms with Gasteiger partial charge in [0.2, 0.25) is 0 Å². The molecule has 0 bridgehead atoms. The number of aliphatic imine (C=N–C) groups is 1. The minimum Gasteiger partial charge on any atom is -0.367 e. The van der Waals surface area contributed by atoms with E-state index in [1.165, 1.54) is 5.00 Å². The molecule has 6 nitrogen and oxygen atoms in total. The molecule has 0 aliphatic carbocycles. The van der Waals surface area contributed by atoms with Gasteiger partial charge in [0, 0.05) is 45.5 Å². The summed E-state index contributed by atoms with van der Waals surface area (Å²) in [6, 6.07) is 6.41. The first-order valence-electron chi connectivity index (χ1n) is 8.96. The largest absolute Gasteiger partial charge is 0.367 e. The van der Waals surface area contributed by atoms with Gasteiger partial charge < -0.3 is 20.9 Å². The number of nitrogens with one attached hydrogen (secondary N) is 3. The minimum absolute atomic E-state index is 0.438. The van der Waals surface area contributed by atoms with Crippen molar-refractivity contribution in [1.29, 1.82) is 0 Å². The van der Waals surface area contributed by atoms with Crippen LogP contribution in [0, 0.1) is 0 Å². The van der Waals surface area contributed by atoms with Crippen LogP contribution in [0.25, 0.3) is 0 Å². The predicted octanol–water partition coefficient (Wildman–Crippen LogP) is 3.70. The Balaban J connectivity index is 1.37. The summed E-state index contributed by atoms with van der Waals surface area (Å²) in [6.45, 7) is 3.51. The average molecular weight is 427 g/mol. The van der Waals surface area contributed by atoms with E-state index in [4.69, 9.17) is 23.2 Å². The molecule has 27 heavy (non-hydrogen) atoms. The molecule has 0 spiro atoms. The molecule has 1 aliphatic rings. The fourth-order valence-corrected chi connectivity index (χ4v) is 4.22. The van der Waals surface area contributed by atoms with E-state index in [1.807, 2.05) is 0 Å². The number of anilines is 2. The number of rotatable bonds is 6. The van der Waals surface area contributed by atoms with Crippen LogP contribution < -0.4 is 20.9 Å². The zero-order valence-corrected chi connectivity index (χ0v) is 17.5. The lowest BCUT2D eigenvalue weighted by Crippen LogP contribution is -2.49. The second kappa shape index (κ2) is 10.0. The van der Waals surface area contributed by atoms with Crippen molar-refractivity contribution in [2.24, 2.45) is 4.99 Å². The highest BCUT2D eigenvalue weighted by Gasteiger charge is 2.20. The lowest BCUT2D eigenvalue weighted by atomic mass is 10.1. The Morgan fingerprint density at radius 2 is 2.15 bits per heavy atom. The molecule has 2 aromatic rings. The first-order chi connectivity index (χ1) is 13.2.